The Hall–Kier alpha value is -2.83. The molecule has 0 saturated heterocycles. The van der Waals surface area contributed by atoms with Crippen LogP contribution in [0.5, 0.6) is 0 Å². The molecule has 2 N–H and O–H groups in total. The summed E-state index contributed by atoms with van der Waals surface area (Å²) in [5.74, 6) is -1.12. The molecule has 0 aliphatic heterocycles. The summed E-state index contributed by atoms with van der Waals surface area (Å²) in [4.78, 5) is 42.0. The van der Waals surface area contributed by atoms with E-state index in [1.54, 1.807) is 20.9 Å². The van der Waals surface area contributed by atoms with Crippen molar-refractivity contribution in [2.45, 2.75) is 58.5 Å². The van der Waals surface area contributed by atoms with Crippen LogP contribution in [0.25, 0.3) is 10.9 Å². The largest absolute Gasteiger partial charge is 0.464 e. The first-order chi connectivity index (χ1) is 13.7. The number of likely N-dealkylation sites (N-methyl/N-ethyl adjacent to an activating group) is 1. The van der Waals surface area contributed by atoms with Gasteiger partial charge < -0.3 is 19.9 Å². The average molecular weight is 402 g/mol. The monoisotopic (exact) mass is 401 g/mol. The summed E-state index contributed by atoms with van der Waals surface area (Å²) < 4.78 is 5.26. The fourth-order valence-electron chi connectivity index (χ4n) is 3.07. The zero-order valence-corrected chi connectivity index (χ0v) is 17.9. The third-order valence-corrected chi connectivity index (χ3v) is 5.03. The van der Waals surface area contributed by atoms with Crippen molar-refractivity contribution in [3.05, 3.63) is 36.0 Å². The molecule has 29 heavy (non-hydrogen) atoms. The van der Waals surface area contributed by atoms with Gasteiger partial charge in [0.1, 0.15) is 11.6 Å². The van der Waals surface area contributed by atoms with Gasteiger partial charge in [0.15, 0.2) is 0 Å². The minimum atomic E-state index is -1.19. The average Bonchev–Trinajstić information content (AvgIpc) is 3.08. The number of fused-ring (bicyclic) bond motifs is 1. The highest BCUT2D eigenvalue weighted by Gasteiger charge is 2.35. The first-order valence-electron chi connectivity index (χ1n) is 9.95. The Morgan fingerprint density at radius 1 is 1.24 bits per heavy atom. The molecule has 7 nitrogen and oxygen atoms in total. The Morgan fingerprint density at radius 3 is 2.59 bits per heavy atom. The highest BCUT2D eigenvalue weighted by molar-refractivity contribution is 5.93. The molecule has 0 unspecified atom stereocenters. The van der Waals surface area contributed by atoms with E-state index in [2.05, 4.69) is 10.3 Å². The maximum atomic E-state index is 13.1. The third kappa shape index (κ3) is 5.59. The summed E-state index contributed by atoms with van der Waals surface area (Å²) in [7, 11) is 1.59. The Labute approximate surface area is 171 Å². The minimum Gasteiger partial charge on any atom is -0.464 e. The molecule has 1 aromatic heterocycles. The van der Waals surface area contributed by atoms with E-state index in [1.807, 2.05) is 37.4 Å². The number of hydrogen-bond donors (Lipinski definition) is 2. The van der Waals surface area contributed by atoms with Gasteiger partial charge in [0.05, 0.1) is 6.61 Å². The van der Waals surface area contributed by atoms with E-state index < -0.39 is 23.5 Å². The quantitative estimate of drug-likeness (QED) is 0.499. The van der Waals surface area contributed by atoms with Crippen LogP contribution in [0, 0.1) is 0 Å². The van der Waals surface area contributed by atoms with Gasteiger partial charge >= 0.3 is 5.97 Å². The fourth-order valence-corrected chi connectivity index (χ4v) is 3.07. The van der Waals surface area contributed by atoms with Crippen LogP contribution in [-0.2, 0) is 25.5 Å². The predicted octanol–water partition coefficient (Wildman–Crippen LogP) is 2.80. The topological polar surface area (TPSA) is 91.5 Å². The van der Waals surface area contributed by atoms with Crippen LogP contribution in [0.4, 0.5) is 0 Å². The van der Waals surface area contributed by atoms with Crippen LogP contribution in [0.3, 0.4) is 0 Å². The molecule has 0 fully saturated rings. The van der Waals surface area contributed by atoms with Gasteiger partial charge in [0, 0.05) is 37.5 Å². The van der Waals surface area contributed by atoms with Gasteiger partial charge in [-0.25, -0.2) is 4.79 Å². The fraction of sp³-hybridized carbons (Fsp3) is 0.500. The molecular weight excluding hydrogens is 370 g/mol. The van der Waals surface area contributed by atoms with Crippen molar-refractivity contribution < 1.29 is 19.1 Å². The molecule has 1 atom stereocenters. The van der Waals surface area contributed by atoms with Crippen molar-refractivity contribution in [2.24, 2.45) is 0 Å². The normalized spacial score (nSPS) is 12.4. The van der Waals surface area contributed by atoms with Crippen LogP contribution in [0.1, 0.15) is 46.1 Å². The Kier molecular flexibility index (Phi) is 7.42. The van der Waals surface area contributed by atoms with Crippen LogP contribution < -0.4 is 5.32 Å². The number of esters is 1. The molecular formula is C22H31N3O4. The lowest BCUT2D eigenvalue weighted by Crippen LogP contribution is -2.57. The van der Waals surface area contributed by atoms with Crippen molar-refractivity contribution >= 4 is 28.7 Å². The van der Waals surface area contributed by atoms with E-state index in [4.69, 9.17) is 4.74 Å². The van der Waals surface area contributed by atoms with E-state index in [-0.39, 0.29) is 5.91 Å². The van der Waals surface area contributed by atoms with E-state index in [9.17, 15) is 14.4 Å². The Bertz CT molecular complexity index is 872. The number of carbonyl (C=O) groups excluding carboxylic acids is 3. The summed E-state index contributed by atoms with van der Waals surface area (Å²) in [6, 6.07) is 7.03. The molecule has 2 amide bonds. The number of nitrogens with one attached hydrogen (secondary N) is 2. The molecule has 2 aromatic rings. The van der Waals surface area contributed by atoms with Gasteiger partial charge in [0.25, 0.3) is 0 Å². The van der Waals surface area contributed by atoms with Crippen LogP contribution in [0.2, 0.25) is 0 Å². The SMILES string of the molecule is CCCCOC(=O)C(C)(C)NC(=O)[C@@H](Cc1c[nH]c2ccccc12)N(C)C(C)=O. The third-order valence-electron chi connectivity index (χ3n) is 5.03. The van der Waals surface area contributed by atoms with Gasteiger partial charge in [-0.05, 0) is 31.9 Å². The number of amides is 2. The van der Waals surface area contributed by atoms with E-state index >= 15 is 0 Å². The molecule has 7 heteroatoms. The number of H-pyrrole nitrogens is 1. The molecule has 0 aliphatic carbocycles. The summed E-state index contributed by atoms with van der Waals surface area (Å²) >= 11 is 0. The number of nitrogens with zero attached hydrogens (tertiary/aromatic N) is 1. The lowest BCUT2D eigenvalue weighted by molar-refractivity contribution is -0.153. The zero-order chi connectivity index (χ0) is 21.6. The number of carbonyl (C=O) groups is 3. The first kappa shape index (κ1) is 22.5. The standard InChI is InChI=1S/C22H31N3O4/c1-6-7-12-29-21(28)22(3,4)24-20(27)19(25(5)15(2)26)13-16-14-23-18-11-9-8-10-17(16)18/h8-11,14,19,23H,6-7,12-13H2,1-5H3,(H,24,27)/t19-/m1/s1. The molecule has 158 valence electrons. The molecule has 0 bridgehead atoms. The summed E-state index contributed by atoms with van der Waals surface area (Å²) in [5.41, 5.74) is 0.699. The Morgan fingerprint density at radius 2 is 1.93 bits per heavy atom. The number of rotatable bonds is 9. The summed E-state index contributed by atoms with van der Waals surface area (Å²) in [5, 5.41) is 3.76. The molecule has 0 radical (unpaired) electrons. The molecule has 2 rings (SSSR count). The number of benzene rings is 1. The first-order valence-corrected chi connectivity index (χ1v) is 9.95. The van der Waals surface area contributed by atoms with E-state index in [0.717, 1.165) is 29.3 Å². The lowest BCUT2D eigenvalue weighted by atomic mass is 10.0. The molecule has 1 heterocycles. The number of unbranched alkanes of at least 4 members (excludes halogenated alkanes) is 1. The second kappa shape index (κ2) is 9.58. The number of hydrogen-bond acceptors (Lipinski definition) is 4. The number of aromatic nitrogens is 1. The van der Waals surface area contributed by atoms with Gasteiger partial charge in [-0.3, -0.25) is 9.59 Å². The summed E-state index contributed by atoms with van der Waals surface area (Å²) in [6.07, 6.45) is 3.86. The second-order valence-corrected chi connectivity index (χ2v) is 7.81. The molecule has 0 saturated carbocycles. The van der Waals surface area contributed by atoms with Crippen LogP contribution >= 0.6 is 0 Å². The predicted molar refractivity (Wildman–Crippen MR) is 112 cm³/mol. The van der Waals surface area contributed by atoms with Crippen LogP contribution in [0.15, 0.2) is 30.5 Å². The van der Waals surface area contributed by atoms with Gasteiger partial charge in [-0.2, -0.15) is 0 Å². The highest BCUT2D eigenvalue weighted by Crippen LogP contribution is 2.21. The van der Waals surface area contributed by atoms with Crippen molar-refractivity contribution in [3.8, 4) is 0 Å². The smallest absolute Gasteiger partial charge is 0.331 e. The molecule has 0 spiro atoms. The van der Waals surface area contributed by atoms with Crippen molar-refractivity contribution in [2.75, 3.05) is 13.7 Å². The maximum Gasteiger partial charge on any atom is 0.331 e. The van der Waals surface area contributed by atoms with E-state index in [1.165, 1.54) is 11.8 Å². The van der Waals surface area contributed by atoms with Gasteiger partial charge in [-0.15, -0.1) is 0 Å². The van der Waals surface area contributed by atoms with Crippen molar-refractivity contribution in [3.63, 3.8) is 0 Å². The zero-order valence-electron chi connectivity index (χ0n) is 17.9. The van der Waals surface area contributed by atoms with Crippen LogP contribution in [-0.4, -0.2) is 52.9 Å². The maximum absolute atomic E-state index is 13.1. The Balaban J connectivity index is 2.19. The lowest BCUT2D eigenvalue weighted by Gasteiger charge is -2.31. The molecule has 1 aromatic carbocycles. The highest BCUT2D eigenvalue weighted by atomic mass is 16.5. The van der Waals surface area contributed by atoms with E-state index in [0.29, 0.717) is 13.0 Å². The van der Waals surface area contributed by atoms with Crippen molar-refractivity contribution in [1.82, 2.24) is 15.2 Å². The van der Waals surface area contributed by atoms with Gasteiger partial charge in [-0.1, -0.05) is 31.5 Å². The van der Waals surface area contributed by atoms with Gasteiger partial charge in [0.2, 0.25) is 11.8 Å². The number of para-hydroxylation sites is 1. The number of ether oxygens (including phenoxy) is 1. The molecule has 0 aliphatic rings. The number of aromatic amines is 1. The minimum absolute atomic E-state index is 0.228. The summed E-state index contributed by atoms with van der Waals surface area (Å²) in [6.45, 7) is 6.96. The second-order valence-electron chi connectivity index (χ2n) is 7.81. The van der Waals surface area contributed by atoms with Crippen molar-refractivity contribution in [1.29, 1.82) is 0 Å².